The topological polar surface area (TPSA) is 32.7 Å². The van der Waals surface area contributed by atoms with E-state index in [-0.39, 0.29) is 5.41 Å². The van der Waals surface area contributed by atoms with Crippen LogP contribution in [0, 0.1) is 11.3 Å². The molecule has 0 aromatic carbocycles. The van der Waals surface area contributed by atoms with Gasteiger partial charge in [0.2, 0.25) is 0 Å². The molecule has 2 fully saturated rings. The van der Waals surface area contributed by atoms with Gasteiger partial charge in [-0.15, -0.1) is 0 Å². The number of ether oxygens (including phenoxy) is 1. The Morgan fingerprint density at radius 3 is 2.76 bits per heavy atom. The third-order valence-corrected chi connectivity index (χ3v) is 4.51. The average Bonchev–Trinajstić information content (AvgIpc) is 2.78. The lowest BCUT2D eigenvalue weighted by molar-refractivity contribution is -0.0316. The number of nitrogens with zero attached hydrogens (tertiary/aromatic N) is 1. The first kappa shape index (κ1) is 13.3. The van der Waals surface area contributed by atoms with Crippen molar-refractivity contribution >= 4 is 0 Å². The minimum Gasteiger partial charge on any atom is -0.396 e. The predicted molar refractivity (Wildman–Crippen MR) is 69.0 cm³/mol. The van der Waals surface area contributed by atoms with Crippen LogP contribution in [0.15, 0.2) is 0 Å². The molecule has 0 aromatic heterocycles. The van der Waals surface area contributed by atoms with Crippen molar-refractivity contribution in [3.05, 3.63) is 0 Å². The first-order valence-corrected chi connectivity index (χ1v) is 7.19. The van der Waals surface area contributed by atoms with Crippen molar-refractivity contribution < 1.29 is 9.84 Å². The molecule has 100 valence electrons. The number of hydrogen-bond acceptors (Lipinski definition) is 3. The summed E-state index contributed by atoms with van der Waals surface area (Å²) in [5, 5.41) is 9.69. The van der Waals surface area contributed by atoms with Gasteiger partial charge in [-0.1, -0.05) is 13.3 Å². The molecule has 2 rings (SSSR count). The Morgan fingerprint density at radius 1 is 1.35 bits per heavy atom. The lowest BCUT2D eigenvalue weighted by Gasteiger charge is -2.38. The fourth-order valence-electron chi connectivity index (χ4n) is 3.35. The van der Waals surface area contributed by atoms with Crippen molar-refractivity contribution in [1.82, 2.24) is 4.90 Å². The predicted octanol–water partition coefficient (Wildman–Crippen LogP) is 1.90. The maximum atomic E-state index is 9.69. The van der Waals surface area contributed by atoms with Gasteiger partial charge < -0.3 is 14.7 Å². The summed E-state index contributed by atoms with van der Waals surface area (Å²) in [6.45, 7) is 7.80. The highest BCUT2D eigenvalue weighted by atomic mass is 16.5. The zero-order valence-corrected chi connectivity index (χ0v) is 11.2. The van der Waals surface area contributed by atoms with E-state index in [4.69, 9.17) is 4.74 Å². The highest BCUT2D eigenvalue weighted by molar-refractivity contribution is 4.87. The normalized spacial score (nSPS) is 29.6. The number of likely N-dealkylation sites (tertiary alicyclic amines) is 1. The van der Waals surface area contributed by atoms with Gasteiger partial charge in [0.1, 0.15) is 0 Å². The Labute approximate surface area is 105 Å². The molecular weight excluding hydrogens is 214 g/mol. The Kier molecular flexibility index (Phi) is 4.83. The van der Waals surface area contributed by atoms with Crippen LogP contribution in [0.4, 0.5) is 0 Å². The van der Waals surface area contributed by atoms with Gasteiger partial charge in [0.25, 0.3) is 0 Å². The molecule has 3 nitrogen and oxygen atoms in total. The second kappa shape index (κ2) is 6.17. The molecule has 0 saturated carbocycles. The molecule has 0 bridgehead atoms. The zero-order chi connectivity index (χ0) is 12.1. The van der Waals surface area contributed by atoms with Crippen LogP contribution in [0.5, 0.6) is 0 Å². The van der Waals surface area contributed by atoms with Crippen LogP contribution in [0.3, 0.4) is 0 Å². The van der Waals surface area contributed by atoms with Gasteiger partial charge >= 0.3 is 0 Å². The summed E-state index contributed by atoms with van der Waals surface area (Å²) in [6, 6.07) is 0. The highest BCUT2D eigenvalue weighted by Gasteiger charge is 2.35. The summed E-state index contributed by atoms with van der Waals surface area (Å²) >= 11 is 0. The quantitative estimate of drug-likeness (QED) is 0.798. The average molecular weight is 241 g/mol. The van der Waals surface area contributed by atoms with E-state index < -0.39 is 0 Å². The van der Waals surface area contributed by atoms with E-state index in [1.807, 2.05) is 0 Å². The molecule has 0 aliphatic carbocycles. The molecule has 1 N–H and O–H groups in total. The van der Waals surface area contributed by atoms with Gasteiger partial charge in [-0.2, -0.15) is 0 Å². The van der Waals surface area contributed by atoms with Crippen LogP contribution in [-0.4, -0.2) is 49.5 Å². The lowest BCUT2D eigenvalue weighted by atomic mass is 9.80. The van der Waals surface area contributed by atoms with E-state index in [0.717, 1.165) is 38.5 Å². The van der Waals surface area contributed by atoms with Gasteiger partial charge in [-0.05, 0) is 38.1 Å². The van der Waals surface area contributed by atoms with Crippen LogP contribution in [0.2, 0.25) is 0 Å². The van der Waals surface area contributed by atoms with Crippen molar-refractivity contribution in [1.29, 1.82) is 0 Å². The van der Waals surface area contributed by atoms with Crippen molar-refractivity contribution in [2.45, 2.75) is 39.0 Å². The van der Waals surface area contributed by atoms with Crippen LogP contribution >= 0.6 is 0 Å². The number of hydrogen-bond donors (Lipinski definition) is 1. The molecule has 1 unspecified atom stereocenters. The molecule has 2 saturated heterocycles. The van der Waals surface area contributed by atoms with Crippen LogP contribution < -0.4 is 0 Å². The largest absolute Gasteiger partial charge is 0.396 e. The molecule has 0 aromatic rings. The lowest BCUT2D eigenvalue weighted by Crippen LogP contribution is -2.43. The molecule has 2 heterocycles. The fraction of sp³-hybridized carbons (Fsp3) is 1.00. The third-order valence-electron chi connectivity index (χ3n) is 4.51. The summed E-state index contributed by atoms with van der Waals surface area (Å²) in [5.41, 5.74) is 0.124. The summed E-state index contributed by atoms with van der Waals surface area (Å²) in [5.74, 6) is 0.899. The molecular formula is C14H27NO2. The third kappa shape index (κ3) is 3.43. The first-order valence-electron chi connectivity index (χ1n) is 7.19. The van der Waals surface area contributed by atoms with E-state index in [0.29, 0.717) is 6.61 Å². The summed E-state index contributed by atoms with van der Waals surface area (Å²) in [7, 11) is 0. The number of rotatable bonds is 5. The molecule has 3 heteroatoms. The van der Waals surface area contributed by atoms with Crippen LogP contribution in [-0.2, 0) is 4.74 Å². The van der Waals surface area contributed by atoms with Gasteiger partial charge in [0.15, 0.2) is 0 Å². The van der Waals surface area contributed by atoms with E-state index in [1.165, 1.54) is 32.4 Å². The summed E-state index contributed by atoms with van der Waals surface area (Å²) in [6.07, 6.45) is 6.08. The Balaban J connectivity index is 1.83. The summed E-state index contributed by atoms with van der Waals surface area (Å²) in [4.78, 5) is 2.57. The second-order valence-electron chi connectivity index (χ2n) is 5.95. The van der Waals surface area contributed by atoms with Crippen molar-refractivity contribution in [3.8, 4) is 0 Å². The van der Waals surface area contributed by atoms with Gasteiger partial charge in [0, 0.05) is 31.7 Å². The van der Waals surface area contributed by atoms with Crippen LogP contribution in [0.25, 0.3) is 0 Å². The Morgan fingerprint density at radius 2 is 2.12 bits per heavy atom. The SMILES string of the molecule is CCCC1CCN(CC2(CO)CCOCC2)C1. The van der Waals surface area contributed by atoms with E-state index in [1.54, 1.807) is 0 Å². The van der Waals surface area contributed by atoms with Gasteiger partial charge in [-0.25, -0.2) is 0 Å². The zero-order valence-electron chi connectivity index (χ0n) is 11.2. The fourth-order valence-corrected chi connectivity index (χ4v) is 3.35. The van der Waals surface area contributed by atoms with Crippen molar-refractivity contribution in [2.24, 2.45) is 11.3 Å². The maximum absolute atomic E-state index is 9.69. The molecule has 2 aliphatic heterocycles. The number of aliphatic hydroxyl groups excluding tert-OH is 1. The molecule has 1 atom stereocenters. The standard InChI is InChI=1S/C14H27NO2/c1-2-3-13-4-7-15(10-13)11-14(12-16)5-8-17-9-6-14/h13,16H,2-12H2,1H3. The second-order valence-corrected chi connectivity index (χ2v) is 5.95. The first-order chi connectivity index (χ1) is 8.28. The monoisotopic (exact) mass is 241 g/mol. The Bertz CT molecular complexity index is 226. The number of aliphatic hydroxyl groups is 1. The van der Waals surface area contributed by atoms with Crippen molar-refractivity contribution in [2.75, 3.05) is 39.5 Å². The molecule has 17 heavy (non-hydrogen) atoms. The summed E-state index contributed by atoms with van der Waals surface area (Å²) < 4.78 is 5.42. The minimum absolute atomic E-state index is 0.124. The van der Waals surface area contributed by atoms with E-state index in [2.05, 4.69) is 11.8 Å². The minimum atomic E-state index is 0.124. The van der Waals surface area contributed by atoms with Gasteiger partial charge in [0.05, 0.1) is 6.61 Å². The van der Waals surface area contributed by atoms with Crippen LogP contribution in [0.1, 0.15) is 39.0 Å². The smallest absolute Gasteiger partial charge is 0.0501 e. The maximum Gasteiger partial charge on any atom is 0.0501 e. The van der Waals surface area contributed by atoms with Gasteiger partial charge in [-0.3, -0.25) is 0 Å². The Hall–Kier alpha value is -0.120. The van der Waals surface area contributed by atoms with E-state index in [9.17, 15) is 5.11 Å². The molecule has 0 amide bonds. The molecule has 0 spiro atoms. The molecule has 0 radical (unpaired) electrons. The molecule has 2 aliphatic rings. The highest BCUT2D eigenvalue weighted by Crippen LogP contribution is 2.33. The van der Waals surface area contributed by atoms with Crippen molar-refractivity contribution in [3.63, 3.8) is 0 Å². The van der Waals surface area contributed by atoms with E-state index >= 15 is 0 Å².